The average molecular weight is 297 g/mol. The van der Waals surface area contributed by atoms with Gasteiger partial charge < -0.3 is 0 Å². The second-order valence-electron chi connectivity index (χ2n) is 7.98. The van der Waals surface area contributed by atoms with Gasteiger partial charge in [0.25, 0.3) is 0 Å². The molecule has 0 heterocycles. The van der Waals surface area contributed by atoms with Crippen molar-refractivity contribution >= 4 is 13.9 Å². The molecule has 0 aliphatic heterocycles. The van der Waals surface area contributed by atoms with Crippen LogP contribution in [0.4, 0.5) is 0 Å². The first kappa shape index (κ1) is 17.9. The monoisotopic (exact) mass is 296 g/mol. The van der Waals surface area contributed by atoms with Crippen molar-refractivity contribution in [3.8, 4) is 0 Å². The SMILES string of the molecule is C[Si](C)(C)CCCC1CCCCCCCCCCC1=O. The van der Waals surface area contributed by atoms with Crippen LogP contribution in [0.15, 0.2) is 0 Å². The topological polar surface area (TPSA) is 17.1 Å². The molecule has 1 unspecified atom stereocenters. The smallest absolute Gasteiger partial charge is 0.135 e. The quantitative estimate of drug-likeness (QED) is 0.564. The highest BCUT2D eigenvalue weighted by Crippen LogP contribution is 2.24. The molecule has 0 radical (unpaired) electrons. The fraction of sp³-hybridized carbons (Fsp3) is 0.944. The van der Waals surface area contributed by atoms with Crippen LogP contribution in [-0.4, -0.2) is 13.9 Å². The predicted octanol–water partition coefficient (Wildman–Crippen LogP) is 6.20. The van der Waals surface area contributed by atoms with E-state index in [0.717, 1.165) is 12.8 Å². The minimum absolute atomic E-state index is 0.394. The zero-order chi connectivity index (χ0) is 14.8. The third-order valence-electron chi connectivity index (χ3n) is 4.66. The van der Waals surface area contributed by atoms with Gasteiger partial charge in [-0.05, 0) is 19.3 Å². The second kappa shape index (κ2) is 9.76. The lowest BCUT2D eigenvalue weighted by atomic mass is 9.89. The Kier molecular flexibility index (Phi) is 8.75. The molecule has 2 heteroatoms. The Bertz CT molecular complexity index is 267. The van der Waals surface area contributed by atoms with E-state index in [-0.39, 0.29) is 0 Å². The molecule has 1 saturated carbocycles. The lowest BCUT2D eigenvalue weighted by Crippen LogP contribution is -2.21. The maximum atomic E-state index is 12.4. The van der Waals surface area contributed by atoms with Crippen LogP contribution in [0.25, 0.3) is 0 Å². The number of Topliss-reactive ketones (excluding diaryl/α,β-unsaturated/α-hetero) is 1. The van der Waals surface area contributed by atoms with Gasteiger partial charge in [0.1, 0.15) is 5.78 Å². The fourth-order valence-electron chi connectivity index (χ4n) is 3.30. The van der Waals surface area contributed by atoms with Crippen LogP contribution < -0.4 is 0 Å². The van der Waals surface area contributed by atoms with Crippen LogP contribution in [0.1, 0.15) is 77.0 Å². The molecule has 1 aliphatic rings. The Hall–Kier alpha value is -0.113. The first-order valence-corrected chi connectivity index (χ1v) is 12.7. The summed E-state index contributed by atoms with van der Waals surface area (Å²) < 4.78 is 0. The van der Waals surface area contributed by atoms with E-state index >= 15 is 0 Å². The number of ketones is 1. The van der Waals surface area contributed by atoms with Crippen molar-refractivity contribution in [2.24, 2.45) is 5.92 Å². The van der Waals surface area contributed by atoms with E-state index in [4.69, 9.17) is 0 Å². The number of carbonyl (C=O) groups excluding carboxylic acids is 1. The van der Waals surface area contributed by atoms with Gasteiger partial charge in [-0.1, -0.05) is 77.1 Å². The molecule has 0 aromatic carbocycles. The molecule has 1 fully saturated rings. The molecule has 0 amide bonds. The van der Waals surface area contributed by atoms with Gasteiger partial charge in [-0.3, -0.25) is 4.79 Å². The molecule has 0 spiro atoms. The minimum Gasteiger partial charge on any atom is -0.299 e. The molecular weight excluding hydrogens is 260 g/mol. The van der Waals surface area contributed by atoms with Gasteiger partial charge >= 0.3 is 0 Å². The van der Waals surface area contributed by atoms with Crippen molar-refractivity contribution in [1.29, 1.82) is 0 Å². The summed E-state index contributed by atoms with van der Waals surface area (Å²) in [5, 5.41) is 0. The van der Waals surface area contributed by atoms with Crippen LogP contribution >= 0.6 is 0 Å². The molecule has 1 rings (SSSR count). The first-order valence-electron chi connectivity index (χ1n) is 9.02. The zero-order valence-electron chi connectivity index (χ0n) is 14.2. The Morgan fingerprint density at radius 3 is 2.05 bits per heavy atom. The summed E-state index contributed by atoms with van der Waals surface area (Å²) in [5.74, 6) is 0.979. The summed E-state index contributed by atoms with van der Waals surface area (Å²) in [4.78, 5) is 12.4. The zero-order valence-corrected chi connectivity index (χ0v) is 15.2. The summed E-state index contributed by atoms with van der Waals surface area (Å²) in [7, 11) is -0.930. The van der Waals surface area contributed by atoms with Crippen LogP contribution in [0.3, 0.4) is 0 Å². The highest BCUT2D eigenvalue weighted by molar-refractivity contribution is 6.76. The number of hydrogen-bond acceptors (Lipinski definition) is 1. The van der Waals surface area contributed by atoms with Crippen LogP contribution in [0, 0.1) is 5.92 Å². The maximum absolute atomic E-state index is 12.4. The van der Waals surface area contributed by atoms with Crippen molar-refractivity contribution in [3.05, 3.63) is 0 Å². The van der Waals surface area contributed by atoms with Crippen molar-refractivity contribution in [2.75, 3.05) is 0 Å². The second-order valence-corrected chi connectivity index (χ2v) is 13.6. The van der Waals surface area contributed by atoms with Crippen molar-refractivity contribution in [2.45, 2.75) is 103 Å². The molecule has 0 aromatic rings. The van der Waals surface area contributed by atoms with Crippen molar-refractivity contribution in [3.63, 3.8) is 0 Å². The molecule has 0 bridgehead atoms. The standard InChI is InChI=1S/C18H36OSi/c1-20(2,3)16-12-14-17-13-10-8-6-4-5-7-9-11-15-18(17)19/h17H,4-16H2,1-3H3. The van der Waals surface area contributed by atoms with Crippen molar-refractivity contribution < 1.29 is 4.79 Å². The molecule has 20 heavy (non-hydrogen) atoms. The van der Waals surface area contributed by atoms with Gasteiger partial charge in [-0.15, -0.1) is 0 Å². The van der Waals surface area contributed by atoms with Gasteiger partial charge in [-0.2, -0.15) is 0 Å². The summed E-state index contributed by atoms with van der Waals surface area (Å²) in [6.45, 7) is 7.32. The predicted molar refractivity (Wildman–Crippen MR) is 92.1 cm³/mol. The average Bonchev–Trinajstić information content (AvgIpc) is 2.35. The Morgan fingerprint density at radius 2 is 1.45 bits per heavy atom. The summed E-state index contributed by atoms with van der Waals surface area (Å²) in [5.41, 5.74) is 0. The third kappa shape index (κ3) is 8.94. The molecule has 1 nitrogen and oxygen atoms in total. The molecular formula is C18H36OSi. The Labute approximate surface area is 127 Å². The first-order chi connectivity index (χ1) is 9.49. The molecule has 0 aromatic heterocycles. The van der Waals surface area contributed by atoms with Crippen molar-refractivity contribution in [1.82, 2.24) is 0 Å². The molecule has 118 valence electrons. The van der Waals surface area contributed by atoms with E-state index in [9.17, 15) is 4.79 Å². The van der Waals surface area contributed by atoms with E-state index < -0.39 is 8.07 Å². The van der Waals surface area contributed by atoms with E-state index in [2.05, 4.69) is 19.6 Å². The highest BCUT2D eigenvalue weighted by atomic mass is 28.3. The van der Waals surface area contributed by atoms with E-state index in [1.54, 1.807) is 0 Å². The minimum atomic E-state index is -0.930. The van der Waals surface area contributed by atoms with Gasteiger partial charge in [0, 0.05) is 20.4 Å². The normalized spacial score (nSPS) is 23.9. The lowest BCUT2D eigenvalue weighted by Gasteiger charge is -2.20. The summed E-state index contributed by atoms with van der Waals surface area (Å²) in [6, 6.07) is 1.39. The number of rotatable bonds is 4. The molecule has 1 aliphatic carbocycles. The number of carbonyl (C=O) groups is 1. The molecule has 0 N–H and O–H groups in total. The molecule has 0 saturated heterocycles. The highest BCUT2D eigenvalue weighted by Gasteiger charge is 2.20. The largest absolute Gasteiger partial charge is 0.299 e. The Balaban J connectivity index is 2.38. The lowest BCUT2D eigenvalue weighted by molar-refractivity contribution is -0.123. The van der Waals surface area contributed by atoms with Gasteiger partial charge in [0.2, 0.25) is 0 Å². The third-order valence-corrected chi connectivity index (χ3v) is 6.51. The van der Waals surface area contributed by atoms with Gasteiger partial charge in [0.05, 0.1) is 0 Å². The number of hydrogen-bond donors (Lipinski definition) is 0. The van der Waals surface area contributed by atoms with E-state index in [0.29, 0.717) is 11.7 Å². The summed E-state index contributed by atoms with van der Waals surface area (Å²) >= 11 is 0. The Morgan fingerprint density at radius 1 is 0.900 bits per heavy atom. The molecule has 1 atom stereocenters. The van der Waals surface area contributed by atoms with Crippen LogP contribution in [0.5, 0.6) is 0 Å². The summed E-state index contributed by atoms with van der Waals surface area (Å²) in [6.07, 6.45) is 15.0. The van der Waals surface area contributed by atoms with E-state index in [1.165, 1.54) is 70.3 Å². The van der Waals surface area contributed by atoms with Gasteiger partial charge in [-0.25, -0.2) is 0 Å². The van der Waals surface area contributed by atoms with Gasteiger partial charge in [0.15, 0.2) is 0 Å². The maximum Gasteiger partial charge on any atom is 0.135 e. The van der Waals surface area contributed by atoms with Crippen LogP contribution in [0.2, 0.25) is 25.7 Å². The fourth-order valence-corrected chi connectivity index (χ4v) is 4.56. The van der Waals surface area contributed by atoms with Crippen LogP contribution in [-0.2, 0) is 4.79 Å². The van der Waals surface area contributed by atoms with E-state index in [1.807, 2.05) is 0 Å².